The van der Waals surface area contributed by atoms with Crippen LogP contribution in [0.4, 0.5) is 0 Å². The van der Waals surface area contributed by atoms with E-state index in [2.05, 4.69) is 24.8 Å². The van der Waals surface area contributed by atoms with Crippen LogP contribution in [-0.2, 0) is 4.79 Å². The Bertz CT molecular complexity index is 207. The minimum Gasteiger partial charge on any atom is -0.332 e. The van der Waals surface area contributed by atoms with E-state index in [1.54, 1.807) is 4.90 Å². The van der Waals surface area contributed by atoms with Gasteiger partial charge in [0.15, 0.2) is 0 Å². The van der Waals surface area contributed by atoms with Gasteiger partial charge >= 0.3 is 0 Å². The third-order valence-electron chi connectivity index (χ3n) is 1.95. The molecule has 1 heterocycles. The van der Waals surface area contributed by atoms with E-state index in [1.807, 2.05) is 7.05 Å². The fourth-order valence-corrected chi connectivity index (χ4v) is 1.17. The third-order valence-corrected chi connectivity index (χ3v) is 1.95. The van der Waals surface area contributed by atoms with Crippen LogP contribution in [0.1, 0.15) is 13.8 Å². The lowest BCUT2D eigenvalue weighted by atomic mass is 10.3. The molecule has 0 saturated carbocycles. The molecular weight excluding hydrogens is 152 g/mol. The van der Waals surface area contributed by atoms with Crippen molar-refractivity contribution < 1.29 is 4.79 Å². The molecule has 3 nitrogen and oxygen atoms in total. The lowest BCUT2D eigenvalue weighted by Gasteiger charge is -2.11. The average molecular weight is 168 g/mol. The summed E-state index contributed by atoms with van der Waals surface area (Å²) in [5.41, 5.74) is 1.30. The van der Waals surface area contributed by atoms with Gasteiger partial charge in [-0.15, -0.1) is 0 Å². The van der Waals surface area contributed by atoms with Gasteiger partial charge in [0.2, 0.25) is 5.91 Å². The van der Waals surface area contributed by atoms with Crippen molar-refractivity contribution in [2.75, 3.05) is 26.8 Å². The summed E-state index contributed by atoms with van der Waals surface area (Å²) in [6.45, 7) is 6.37. The molecule has 1 rings (SSSR count). The van der Waals surface area contributed by atoms with Crippen LogP contribution in [0.5, 0.6) is 0 Å². The number of amides is 1. The molecule has 0 spiro atoms. The molecule has 1 fully saturated rings. The second-order valence-corrected chi connectivity index (χ2v) is 3.53. The van der Waals surface area contributed by atoms with Crippen LogP contribution in [0, 0.1) is 0 Å². The van der Waals surface area contributed by atoms with Crippen LogP contribution in [0.25, 0.3) is 0 Å². The van der Waals surface area contributed by atoms with E-state index in [0.717, 1.165) is 13.2 Å². The first-order chi connectivity index (χ1) is 5.59. The summed E-state index contributed by atoms with van der Waals surface area (Å²) in [6, 6.07) is 0. The first-order valence-corrected chi connectivity index (χ1v) is 4.19. The lowest BCUT2D eigenvalue weighted by Crippen LogP contribution is -2.23. The van der Waals surface area contributed by atoms with Crippen molar-refractivity contribution >= 4 is 5.91 Å². The van der Waals surface area contributed by atoms with E-state index in [1.165, 1.54) is 5.57 Å². The lowest BCUT2D eigenvalue weighted by molar-refractivity contribution is -0.125. The Hall–Kier alpha value is -0.830. The molecule has 1 aliphatic rings. The van der Waals surface area contributed by atoms with Gasteiger partial charge in [0.05, 0.1) is 13.2 Å². The summed E-state index contributed by atoms with van der Waals surface area (Å²) >= 11 is 0. The summed E-state index contributed by atoms with van der Waals surface area (Å²) in [5, 5.41) is 0. The topological polar surface area (TPSA) is 23.6 Å². The number of nitrogens with zero attached hydrogens (tertiary/aromatic N) is 2. The number of hydrogen-bond donors (Lipinski definition) is 0. The number of allylic oxidation sites excluding steroid dienone is 1. The average Bonchev–Trinajstić information content (AvgIpc) is 2.28. The fraction of sp³-hybridized carbons (Fsp3) is 0.667. The van der Waals surface area contributed by atoms with Crippen molar-refractivity contribution in [3.05, 3.63) is 11.6 Å². The van der Waals surface area contributed by atoms with E-state index in [4.69, 9.17) is 0 Å². The predicted octanol–water partition coefficient (Wildman–Crippen LogP) is 0.684. The first-order valence-electron chi connectivity index (χ1n) is 4.19. The molecule has 0 aliphatic carbocycles. The highest BCUT2D eigenvalue weighted by Gasteiger charge is 2.22. The van der Waals surface area contributed by atoms with E-state index in [9.17, 15) is 4.79 Å². The van der Waals surface area contributed by atoms with Crippen LogP contribution in [0.2, 0.25) is 0 Å². The van der Waals surface area contributed by atoms with E-state index >= 15 is 0 Å². The summed E-state index contributed by atoms with van der Waals surface area (Å²) in [7, 11) is 1.84. The molecule has 0 aromatic rings. The molecule has 0 aromatic carbocycles. The molecule has 0 aromatic heterocycles. The number of carbonyl (C=O) groups excluding carboxylic acids is 1. The number of hydrogen-bond acceptors (Lipinski definition) is 2. The first kappa shape index (κ1) is 9.26. The van der Waals surface area contributed by atoms with E-state index < -0.39 is 0 Å². The molecule has 68 valence electrons. The quantitative estimate of drug-likeness (QED) is 0.566. The Kier molecular flexibility index (Phi) is 2.87. The second kappa shape index (κ2) is 3.72. The molecule has 1 saturated heterocycles. The van der Waals surface area contributed by atoms with Crippen molar-refractivity contribution in [2.45, 2.75) is 13.8 Å². The maximum Gasteiger partial charge on any atom is 0.237 e. The molecule has 1 aliphatic heterocycles. The minimum absolute atomic E-state index is 0.220. The standard InChI is InChI=1S/C9H16N2O/c1-8(2)4-5-11-6-9(12)10(3)7-11/h4H,5-7H2,1-3H3. The summed E-state index contributed by atoms with van der Waals surface area (Å²) in [4.78, 5) is 15.0. The molecule has 0 bridgehead atoms. The van der Waals surface area contributed by atoms with Crippen LogP contribution in [-0.4, -0.2) is 42.5 Å². The van der Waals surface area contributed by atoms with E-state index in [0.29, 0.717) is 6.54 Å². The van der Waals surface area contributed by atoms with Crippen LogP contribution >= 0.6 is 0 Å². The maximum absolute atomic E-state index is 11.1. The fourth-order valence-electron chi connectivity index (χ4n) is 1.17. The van der Waals surface area contributed by atoms with Crippen molar-refractivity contribution in [3.8, 4) is 0 Å². The normalized spacial score (nSPS) is 18.6. The predicted molar refractivity (Wildman–Crippen MR) is 48.6 cm³/mol. The zero-order valence-corrected chi connectivity index (χ0v) is 8.00. The second-order valence-electron chi connectivity index (χ2n) is 3.53. The van der Waals surface area contributed by atoms with Gasteiger partial charge in [-0.2, -0.15) is 0 Å². The zero-order chi connectivity index (χ0) is 9.14. The Morgan fingerprint density at radius 3 is 2.67 bits per heavy atom. The van der Waals surface area contributed by atoms with Crippen LogP contribution in [0.3, 0.4) is 0 Å². The van der Waals surface area contributed by atoms with Crippen LogP contribution in [0.15, 0.2) is 11.6 Å². The molecule has 12 heavy (non-hydrogen) atoms. The summed E-state index contributed by atoms with van der Waals surface area (Å²) in [5.74, 6) is 0.220. The number of carbonyl (C=O) groups is 1. The Labute approximate surface area is 73.6 Å². The molecule has 1 amide bonds. The highest BCUT2D eigenvalue weighted by Crippen LogP contribution is 2.03. The number of rotatable bonds is 2. The van der Waals surface area contributed by atoms with Gasteiger partial charge < -0.3 is 4.90 Å². The van der Waals surface area contributed by atoms with Crippen molar-refractivity contribution in [2.24, 2.45) is 0 Å². The summed E-state index contributed by atoms with van der Waals surface area (Å²) in [6.07, 6.45) is 2.15. The van der Waals surface area contributed by atoms with Crippen molar-refractivity contribution in [1.82, 2.24) is 9.80 Å². The zero-order valence-electron chi connectivity index (χ0n) is 8.00. The largest absolute Gasteiger partial charge is 0.332 e. The molecule has 0 unspecified atom stereocenters. The smallest absolute Gasteiger partial charge is 0.237 e. The van der Waals surface area contributed by atoms with Gasteiger partial charge in [0, 0.05) is 13.6 Å². The molecule has 0 N–H and O–H groups in total. The highest BCUT2D eigenvalue weighted by molar-refractivity contribution is 5.79. The van der Waals surface area contributed by atoms with Crippen LogP contribution < -0.4 is 0 Å². The van der Waals surface area contributed by atoms with Gasteiger partial charge in [-0.1, -0.05) is 11.6 Å². The van der Waals surface area contributed by atoms with Gasteiger partial charge in [0.25, 0.3) is 0 Å². The van der Waals surface area contributed by atoms with Gasteiger partial charge in [-0.3, -0.25) is 9.69 Å². The van der Waals surface area contributed by atoms with Gasteiger partial charge in [0.1, 0.15) is 0 Å². The Balaban J connectivity index is 2.38. The van der Waals surface area contributed by atoms with Gasteiger partial charge in [-0.25, -0.2) is 0 Å². The van der Waals surface area contributed by atoms with Crippen molar-refractivity contribution in [3.63, 3.8) is 0 Å². The monoisotopic (exact) mass is 168 g/mol. The van der Waals surface area contributed by atoms with Gasteiger partial charge in [-0.05, 0) is 13.8 Å². The van der Waals surface area contributed by atoms with E-state index in [-0.39, 0.29) is 5.91 Å². The SMILES string of the molecule is CC(C)=CCN1CC(=O)N(C)C1. The molecular formula is C9H16N2O. The Morgan fingerprint density at radius 1 is 1.58 bits per heavy atom. The third kappa shape index (κ3) is 2.34. The Morgan fingerprint density at radius 2 is 2.25 bits per heavy atom. The molecule has 3 heteroatoms. The molecule has 0 radical (unpaired) electrons. The number of likely N-dealkylation sites (N-methyl/N-ethyl adjacent to an activating group) is 1. The minimum atomic E-state index is 0.220. The summed E-state index contributed by atoms with van der Waals surface area (Å²) < 4.78 is 0. The molecule has 0 atom stereocenters. The van der Waals surface area contributed by atoms with Crippen molar-refractivity contribution in [1.29, 1.82) is 0 Å². The maximum atomic E-state index is 11.1. The highest BCUT2D eigenvalue weighted by atomic mass is 16.2.